The molecule has 21 heavy (non-hydrogen) atoms. The summed E-state index contributed by atoms with van der Waals surface area (Å²) in [6.07, 6.45) is 3.03. The highest BCUT2D eigenvalue weighted by Crippen LogP contribution is 2.20. The lowest BCUT2D eigenvalue weighted by molar-refractivity contribution is 0.00621. The van der Waals surface area contributed by atoms with Crippen molar-refractivity contribution in [2.24, 2.45) is 7.05 Å². The first-order valence-electron chi connectivity index (χ1n) is 6.71. The van der Waals surface area contributed by atoms with Crippen molar-refractivity contribution in [2.45, 2.75) is 24.3 Å². The minimum atomic E-state index is -0.526. The van der Waals surface area contributed by atoms with E-state index in [0.29, 0.717) is 17.4 Å². The molecule has 0 fully saturated rings. The summed E-state index contributed by atoms with van der Waals surface area (Å²) in [6, 6.07) is 7.54. The van der Waals surface area contributed by atoms with E-state index in [1.165, 1.54) is 11.8 Å². The average Bonchev–Trinajstić information content (AvgIpc) is 2.88. The largest absolute Gasteiger partial charge is 0.390 e. The molecule has 1 N–H and O–H groups in total. The van der Waals surface area contributed by atoms with E-state index < -0.39 is 6.10 Å². The molecule has 0 radical (unpaired) electrons. The van der Waals surface area contributed by atoms with Gasteiger partial charge in [-0.3, -0.25) is 0 Å². The topological polar surface area (TPSA) is 47.3 Å². The Morgan fingerprint density at radius 1 is 1.38 bits per heavy atom. The van der Waals surface area contributed by atoms with Gasteiger partial charge in [0.25, 0.3) is 0 Å². The van der Waals surface area contributed by atoms with Gasteiger partial charge in [-0.25, -0.2) is 4.98 Å². The minimum absolute atomic E-state index is 0.0740. The van der Waals surface area contributed by atoms with Crippen molar-refractivity contribution >= 4 is 23.4 Å². The van der Waals surface area contributed by atoms with Crippen molar-refractivity contribution in [1.29, 1.82) is 0 Å². The molecular formula is C15H19ClN2O2S. The van der Waals surface area contributed by atoms with Crippen LogP contribution in [0.4, 0.5) is 0 Å². The van der Waals surface area contributed by atoms with E-state index >= 15 is 0 Å². The zero-order valence-corrected chi connectivity index (χ0v) is 13.6. The number of benzene rings is 1. The van der Waals surface area contributed by atoms with Crippen LogP contribution < -0.4 is 0 Å². The third-order valence-corrected chi connectivity index (χ3v) is 4.51. The first kappa shape index (κ1) is 16.4. The van der Waals surface area contributed by atoms with E-state index in [4.69, 9.17) is 16.3 Å². The Hall–Kier alpha value is -1.01. The molecule has 2 rings (SSSR count). The first-order valence-corrected chi connectivity index (χ1v) is 8.08. The normalized spacial score (nSPS) is 14.1. The fraction of sp³-hybridized carbons (Fsp3) is 0.400. The van der Waals surface area contributed by atoms with E-state index in [2.05, 4.69) is 4.98 Å². The number of halogens is 1. The van der Waals surface area contributed by atoms with Gasteiger partial charge in [0, 0.05) is 30.2 Å². The zero-order valence-electron chi connectivity index (χ0n) is 12.1. The molecule has 6 heteroatoms. The number of imidazole rings is 1. The predicted octanol–water partition coefficient (Wildman–Crippen LogP) is 3.30. The molecule has 0 saturated heterocycles. The minimum Gasteiger partial charge on any atom is -0.390 e. The molecule has 1 aromatic heterocycles. The fourth-order valence-electron chi connectivity index (χ4n) is 1.80. The molecule has 0 unspecified atom stereocenters. The van der Waals surface area contributed by atoms with Crippen LogP contribution in [0.25, 0.3) is 0 Å². The molecule has 1 heterocycles. The summed E-state index contributed by atoms with van der Waals surface area (Å²) in [4.78, 5) is 4.20. The molecule has 0 aliphatic rings. The molecule has 2 aromatic rings. The van der Waals surface area contributed by atoms with E-state index in [9.17, 15) is 5.11 Å². The van der Waals surface area contributed by atoms with Crippen LogP contribution >= 0.6 is 23.4 Å². The number of nitrogens with zero attached hydrogens (tertiary/aromatic N) is 2. The summed E-state index contributed by atoms with van der Waals surface area (Å²) in [5, 5.41) is 11.6. The van der Waals surface area contributed by atoms with Crippen molar-refractivity contribution in [2.75, 3.05) is 12.4 Å². The number of aromatic nitrogens is 2. The van der Waals surface area contributed by atoms with Crippen LogP contribution in [0, 0.1) is 0 Å². The van der Waals surface area contributed by atoms with E-state index in [0.717, 1.165) is 10.7 Å². The van der Waals surface area contributed by atoms with Crippen molar-refractivity contribution in [3.8, 4) is 0 Å². The van der Waals surface area contributed by atoms with Crippen LogP contribution in [0.1, 0.15) is 18.6 Å². The highest BCUT2D eigenvalue weighted by atomic mass is 35.5. The Morgan fingerprint density at radius 3 is 2.71 bits per heavy atom. The Labute approximate surface area is 134 Å². The maximum atomic E-state index is 9.97. The highest BCUT2D eigenvalue weighted by Gasteiger charge is 2.11. The average molecular weight is 327 g/mol. The van der Waals surface area contributed by atoms with Gasteiger partial charge in [0.1, 0.15) is 0 Å². The zero-order chi connectivity index (χ0) is 15.2. The number of rotatable bonds is 7. The Bertz CT molecular complexity index is 559. The van der Waals surface area contributed by atoms with Gasteiger partial charge in [-0.15, -0.1) is 0 Å². The molecule has 114 valence electrons. The molecule has 2 atom stereocenters. The summed E-state index contributed by atoms with van der Waals surface area (Å²) in [5.74, 6) is 0.554. The lowest BCUT2D eigenvalue weighted by Crippen LogP contribution is -2.19. The fourth-order valence-corrected chi connectivity index (χ4v) is 2.76. The number of hydrogen-bond donors (Lipinski definition) is 1. The van der Waals surface area contributed by atoms with Crippen LogP contribution in [0.5, 0.6) is 0 Å². The van der Waals surface area contributed by atoms with Crippen LogP contribution in [0.3, 0.4) is 0 Å². The number of aliphatic hydroxyl groups excluding tert-OH is 1. The number of hydrogen-bond acceptors (Lipinski definition) is 4. The van der Waals surface area contributed by atoms with Gasteiger partial charge in [0.05, 0.1) is 18.8 Å². The number of aryl methyl sites for hydroxylation is 1. The van der Waals surface area contributed by atoms with Gasteiger partial charge in [-0.1, -0.05) is 35.5 Å². The van der Waals surface area contributed by atoms with Gasteiger partial charge >= 0.3 is 0 Å². The van der Waals surface area contributed by atoms with Gasteiger partial charge in [0.2, 0.25) is 0 Å². The molecule has 1 aromatic carbocycles. The summed E-state index contributed by atoms with van der Waals surface area (Å²) >= 11 is 7.37. The van der Waals surface area contributed by atoms with E-state index in [1.54, 1.807) is 6.20 Å². The molecule has 0 bridgehead atoms. The maximum Gasteiger partial charge on any atom is 0.167 e. The second-order valence-electron chi connectivity index (χ2n) is 4.81. The summed E-state index contributed by atoms with van der Waals surface area (Å²) in [5.41, 5.74) is 1.04. The Morgan fingerprint density at radius 2 is 2.10 bits per heavy atom. The molecule has 0 saturated carbocycles. The van der Waals surface area contributed by atoms with Gasteiger partial charge < -0.3 is 14.4 Å². The van der Waals surface area contributed by atoms with Gasteiger partial charge in [0.15, 0.2) is 5.16 Å². The third-order valence-electron chi connectivity index (χ3n) is 3.06. The lowest BCUT2D eigenvalue weighted by atomic mass is 10.1. The monoisotopic (exact) mass is 326 g/mol. The standard InChI is InChI=1S/C15H19ClN2O2S/c1-11(12-3-5-13(16)6-4-12)20-9-14(19)10-21-15-17-7-8-18(15)2/h3-8,11,14,19H,9-10H2,1-2H3/t11-,14-/m1/s1. The molecule has 0 amide bonds. The van der Waals surface area contributed by atoms with Crippen molar-refractivity contribution in [1.82, 2.24) is 9.55 Å². The molecule has 0 aliphatic heterocycles. The Kier molecular flexibility index (Phi) is 6.11. The summed E-state index contributed by atoms with van der Waals surface area (Å²) in [7, 11) is 1.93. The molecule has 0 aliphatic carbocycles. The van der Waals surface area contributed by atoms with Crippen molar-refractivity contribution < 1.29 is 9.84 Å². The first-order chi connectivity index (χ1) is 10.1. The number of ether oxygens (including phenoxy) is 1. The van der Waals surface area contributed by atoms with E-state index in [1.807, 2.05) is 49.0 Å². The number of thioether (sulfide) groups is 1. The quantitative estimate of drug-likeness (QED) is 0.793. The maximum absolute atomic E-state index is 9.97. The van der Waals surface area contributed by atoms with Gasteiger partial charge in [-0.05, 0) is 24.6 Å². The predicted molar refractivity (Wildman–Crippen MR) is 85.8 cm³/mol. The molecule has 0 spiro atoms. The van der Waals surface area contributed by atoms with Crippen LogP contribution in [-0.2, 0) is 11.8 Å². The summed E-state index contributed by atoms with van der Waals surface area (Å²) in [6.45, 7) is 2.25. The van der Waals surface area contributed by atoms with Crippen LogP contribution in [0.15, 0.2) is 41.8 Å². The van der Waals surface area contributed by atoms with Crippen molar-refractivity contribution in [3.05, 3.63) is 47.2 Å². The van der Waals surface area contributed by atoms with Gasteiger partial charge in [-0.2, -0.15) is 0 Å². The number of aliphatic hydroxyl groups is 1. The SMILES string of the molecule is C[C@@H](OC[C@@H](O)CSc1nccn1C)c1ccc(Cl)cc1. The van der Waals surface area contributed by atoms with Crippen LogP contribution in [-0.4, -0.2) is 33.1 Å². The van der Waals surface area contributed by atoms with Crippen molar-refractivity contribution in [3.63, 3.8) is 0 Å². The van der Waals surface area contributed by atoms with Crippen LogP contribution in [0.2, 0.25) is 5.02 Å². The van der Waals surface area contributed by atoms with E-state index in [-0.39, 0.29) is 6.10 Å². The molecular weight excluding hydrogens is 308 g/mol. The second kappa shape index (κ2) is 7.84. The third kappa shape index (κ3) is 5.04. The molecule has 4 nitrogen and oxygen atoms in total. The lowest BCUT2D eigenvalue weighted by Gasteiger charge is -2.16. The smallest absolute Gasteiger partial charge is 0.167 e. The highest BCUT2D eigenvalue weighted by molar-refractivity contribution is 7.99. The summed E-state index contributed by atoms with van der Waals surface area (Å²) < 4.78 is 7.62. The Balaban J connectivity index is 1.74. The second-order valence-corrected chi connectivity index (χ2v) is 6.24.